The lowest BCUT2D eigenvalue weighted by atomic mass is 10.0. The van der Waals surface area contributed by atoms with Crippen molar-refractivity contribution in [3.05, 3.63) is 24.3 Å². The molecule has 0 spiro atoms. The normalized spacial score (nSPS) is 18.4. The molecule has 1 aliphatic rings. The summed E-state index contributed by atoms with van der Waals surface area (Å²) in [6.07, 6.45) is -1.06. The number of carbonyl (C=O) groups is 2. The highest BCUT2D eigenvalue weighted by molar-refractivity contribution is 8.00. The number of hydrogen-bond donors (Lipinski definition) is 3. The number of carboxylic acid groups (broad SMARTS) is 1. The zero-order chi connectivity index (χ0) is 25.7. The number of benzene rings is 1. The van der Waals surface area contributed by atoms with Crippen molar-refractivity contribution in [3.8, 4) is 17.6 Å². The molecule has 1 aromatic rings. The monoisotopic (exact) mass is 513 g/mol. The van der Waals surface area contributed by atoms with Gasteiger partial charge in [-0.1, -0.05) is 11.8 Å². The highest BCUT2D eigenvalue weighted by Gasteiger charge is 2.48. The number of hydroxylamine groups is 1. The van der Waals surface area contributed by atoms with Crippen LogP contribution >= 0.6 is 11.8 Å². The van der Waals surface area contributed by atoms with E-state index < -0.39 is 38.4 Å². The van der Waals surface area contributed by atoms with Gasteiger partial charge in [-0.25, -0.2) is 18.7 Å². The van der Waals surface area contributed by atoms with Crippen LogP contribution in [0.5, 0.6) is 5.75 Å². The van der Waals surface area contributed by atoms with E-state index >= 15 is 0 Å². The molecule has 2 amide bonds. The number of thioether (sulfide) groups is 1. The van der Waals surface area contributed by atoms with Crippen LogP contribution in [0.15, 0.2) is 29.2 Å². The first kappa shape index (κ1) is 27.8. The highest BCUT2D eigenvalue weighted by Crippen LogP contribution is 2.38. The van der Waals surface area contributed by atoms with Gasteiger partial charge in [0, 0.05) is 22.6 Å². The Balaban J connectivity index is 2.09. The lowest BCUT2D eigenvalue weighted by molar-refractivity contribution is -0.134. The summed E-state index contributed by atoms with van der Waals surface area (Å²) >= 11 is 1.46. The maximum Gasteiger partial charge on any atom is 0.408 e. The minimum Gasteiger partial charge on any atom is -0.481 e. The van der Waals surface area contributed by atoms with E-state index in [0.717, 1.165) is 4.31 Å². The van der Waals surface area contributed by atoms with E-state index in [1.807, 2.05) is 0 Å². The molecule has 1 atom stereocenters. The van der Waals surface area contributed by atoms with E-state index in [1.54, 1.807) is 40.1 Å². The summed E-state index contributed by atoms with van der Waals surface area (Å²) in [5, 5.41) is 18.4. The van der Waals surface area contributed by atoms with Crippen molar-refractivity contribution in [2.75, 3.05) is 25.4 Å². The third-order valence-corrected chi connectivity index (χ3v) is 8.47. The fraction of sp³-hybridized carbons (Fsp3) is 0.545. The van der Waals surface area contributed by atoms with Crippen LogP contribution in [0.4, 0.5) is 4.79 Å². The van der Waals surface area contributed by atoms with Gasteiger partial charge < -0.3 is 9.84 Å². The Kier molecular flexibility index (Phi) is 8.87. The molecule has 12 heteroatoms. The van der Waals surface area contributed by atoms with Gasteiger partial charge >= 0.3 is 6.09 Å². The fourth-order valence-corrected chi connectivity index (χ4v) is 6.57. The van der Waals surface area contributed by atoms with E-state index in [9.17, 15) is 23.1 Å². The maximum atomic E-state index is 13.3. The van der Waals surface area contributed by atoms with Crippen molar-refractivity contribution >= 4 is 33.8 Å². The summed E-state index contributed by atoms with van der Waals surface area (Å²) in [4.78, 5) is 24.8. The SMILES string of the molecule is CC1(C)SCCN(S(=O)(=O)c2ccc(OCC#CCN(C(=O)O)C(C)(C)C)cc2)C1C(=O)NO. The van der Waals surface area contributed by atoms with Gasteiger partial charge in [0.25, 0.3) is 5.91 Å². The van der Waals surface area contributed by atoms with E-state index in [4.69, 9.17) is 9.94 Å². The topological polar surface area (TPSA) is 136 Å². The van der Waals surface area contributed by atoms with Crippen molar-refractivity contribution in [2.45, 2.75) is 55.8 Å². The zero-order valence-electron chi connectivity index (χ0n) is 19.9. The lowest BCUT2D eigenvalue weighted by Gasteiger charge is -2.43. The Labute approximate surface area is 204 Å². The molecule has 3 N–H and O–H groups in total. The van der Waals surface area contributed by atoms with Crippen LogP contribution in [0.2, 0.25) is 0 Å². The number of hydrogen-bond acceptors (Lipinski definition) is 7. The third kappa shape index (κ3) is 6.56. The van der Waals surface area contributed by atoms with Gasteiger partial charge in [0.2, 0.25) is 10.0 Å². The number of rotatable bonds is 6. The molecule has 10 nitrogen and oxygen atoms in total. The smallest absolute Gasteiger partial charge is 0.408 e. The van der Waals surface area contributed by atoms with Crippen LogP contribution in [0.25, 0.3) is 0 Å². The van der Waals surface area contributed by atoms with Gasteiger partial charge in [-0.15, -0.1) is 0 Å². The number of sulfonamides is 1. The quantitative estimate of drug-likeness (QED) is 0.299. The first-order valence-electron chi connectivity index (χ1n) is 10.5. The summed E-state index contributed by atoms with van der Waals surface area (Å²) < 4.78 is 32.4. The molecule has 2 rings (SSSR count). The standard InChI is InChI=1S/C22H31N3O7S2/c1-21(2,3)24(20(27)28)12-6-7-14-32-16-8-10-17(11-9-16)34(30,31)25-13-15-33-22(4,5)18(25)19(26)23-29/h8-11,18,29H,12-15H2,1-5H3,(H,23,26)(H,27,28). The van der Waals surface area contributed by atoms with Crippen molar-refractivity contribution in [1.29, 1.82) is 0 Å². The van der Waals surface area contributed by atoms with E-state index in [-0.39, 0.29) is 24.6 Å². The number of nitrogens with zero attached hydrogens (tertiary/aromatic N) is 2. The molecule has 1 aliphatic heterocycles. The average Bonchev–Trinajstić information content (AvgIpc) is 2.74. The van der Waals surface area contributed by atoms with Crippen LogP contribution in [0, 0.1) is 11.8 Å². The van der Waals surface area contributed by atoms with Crippen LogP contribution in [-0.2, 0) is 14.8 Å². The first-order chi connectivity index (χ1) is 15.7. The maximum absolute atomic E-state index is 13.3. The van der Waals surface area contributed by atoms with Gasteiger partial charge in [0.15, 0.2) is 0 Å². The molecule has 0 aliphatic carbocycles. The predicted molar refractivity (Wildman–Crippen MR) is 128 cm³/mol. The van der Waals surface area contributed by atoms with Crippen LogP contribution in [0.1, 0.15) is 34.6 Å². The molecule has 0 saturated carbocycles. The van der Waals surface area contributed by atoms with Crippen molar-refractivity contribution in [1.82, 2.24) is 14.7 Å². The lowest BCUT2D eigenvalue weighted by Crippen LogP contribution is -2.61. The zero-order valence-corrected chi connectivity index (χ0v) is 21.5. The Morgan fingerprint density at radius 3 is 2.41 bits per heavy atom. The van der Waals surface area contributed by atoms with Gasteiger partial charge in [-0.05, 0) is 58.9 Å². The number of nitrogens with one attached hydrogen (secondary N) is 1. The summed E-state index contributed by atoms with van der Waals surface area (Å²) in [5.41, 5.74) is 0.999. The minimum absolute atomic E-state index is 0.0000184. The van der Waals surface area contributed by atoms with Crippen LogP contribution < -0.4 is 10.2 Å². The Hall–Kier alpha value is -2.46. The molecular formula is C22H31N3O7S2. The molecule has 0 aromatic heterocycles. The third-order valence-electron chi connectivity index (χ3n) is 5.23. The Morgan fingerprint density at radius 1 is 1.26 bits per heavy atom. The summed E-state index contributed by atoms with van der Waals surface area (Å²) in [5.74, 6) is 5.62. The molecular weight excluding hydrogens is 482 g/mol. The summed E-state index contributed by atoms with van der Waals surface area (Å²) in [7, 11) is -4.01. The highest BCUT2D eigenvalue weighted by atomic mass is 32.2. The van der Waals surface area contributed by atoms with Crippen molar-refractivity contribution < 1.29 is 33.1 Å². The number of ether oxygens (including phenoxy) is 1. The van der Waals surface area contributed by atoms with Crippen LogP contribution in [0.3, 0.4) is 0 Å². The Bertz CT molecular complexity index is 1050. The molecule has 1 aromatic carbocycles. The largest absolute Gasteiger partial charge is 0.481 e. The molecule has 0 bridgehead atoms. The summed E-state index contributed by atoms with van der Waals surface area (Å²) in [6.45, 7) is 9.00. The van der Waals surface area contributed by atoms with E-state index in [2.05, 4.69) is 11.8 Å². The van der Waals surface area contributed by atoms with E-state index in [0.29, 0.717) is 11.5 Å². The first-order valence-corrected chi connectivity index (χ1v) is 12.9. The second-order valence-electron chi connectivity index (χ2n) is 9.10. The van der Waals surface area contributed by atoms with Gasteiger partial charge in [-0.3, -0.25) is 14.9 Å². The molecule has 1 fully saturated rings. The summed E-state index contributed by atoms with van der Waals surface area (Å²) in [6, 6.07) is 4.65. The molecule has 188 valence electrons. The van der Waals surface area contributed by atoms with Crippen molar-refractivity contribution in [2.24, 2.45) is 0 Å². The number of amides is 2. The van der Waals surface area contributed by atoms with Crippen LogP contribution in [-0.4, -0.2) is 81.7 Å². The average molecular weight is 514 g/mol. The molecule has 1 unspecified atom stereocenters. The predicted octanol–water partition coefficient (Wildman–Crippen LogP) is 2.24. The molecule has 0 radical (unpaired) electrons. The second-order valence-corrected chi connectivity index (χ2v) is 12.7. The second kappa shape index (κ2) is 10.9. The Morgan fingerprint density at radius 2 is 1.88 bits per heavy atom. The van der Waals surface area contributed by atoms with E-state index in [1.165, 1.54) is 40.9 Å². The minimum atomic E-state index is -4.01. The van der Waals surface area contributed by atoms with Gasteiger partial charge in [-0.2, -0.15) is 16.1 Å². The van der Waals surface area contributed by atoms with Gasteiger partial charge in [0.05, 0.1) is 11.4 Å². The molecule has 34 heavy (non-hydrogen) atoms. The molecule has 1 saturated heterocycles. The van der Waals surface area contributed by atoms with Gasteiger partial charge in [0.1, 0.15) is 18.4 Å². The molecule has 1 heterocycles. The number of carbonyl (C=O) groups excluding carboxylic acids is 1. The fourth-order valence-electron chi connectivity index (χ4n) is 3.46. The van der Waals surface area contributed by atoms with Crippen molar-refractivity contribution in [3.63, 3.8) is 0 Å².